The van der Waals surface area contributed by atoms with Crippen molar-refractivity contribution in [1.82, 2.24) is 0 Å². The van der Waals surface area contributed by atoms with Crippen molar-refractivity contribution in [2.75, 3.05) is 0 Å². The molecule has 0 aliphatic carbocycles. The fraction of sp³-hybridized carbons (Fsp3) is 0.455. The quantitative estimate of drug-likeness (QED) is 0.550. The molecule has 0 unspecified atom stereocenters. The van der Waals surface area contributed by atoms with Crippen LogP contribution in [0.4, 0.5) is 4.39 Å². The first-order valence-electron chi connectivity index (χ1n) is 4.28. The summed E-state index contributed by atoms with van der Waals surface area (Å²) in [7, 11) is 0. The largest absolute Gasteiger partial charge is 0.208 e. The van der Waals surface area contributed by atoms with Gasteiger partial charge in [-0.25, -0.2) is 4.39 Å². The molecule has 0 fully saturated rings. The molecule has 0 aliphatic heterocycles. The summed E-state index contributed by atoms with van der Waals surface area (Å²) in [6.07, 6.45) is 2.25. The Labute approximate surface area is 75.5 Å². The first-order valence-corrected chi connectivity index (χ1v) is 4.28. The normalized spacial score (nSPS) is 9.92. The zero-order chi connectivity index (χ0) is 10.1. The molecule has 0 aromatic rings. The molecule has 0 saturated carbocycles. The fourth-order valence-electron chi connectivity index (χ4n) is 0.616. The lowest BCUT2D eigenvalue weighted by Gasteiger charge is -1.99. The lowest BCUT2D eigenvalue weighted by molar-refractivity contribution is 0.669. The number of rotatable bonds is 3. The highest BCUT2D eigenvalue weighted by molar-refractivity contribution is 5.30. The van der Waals surface area contributed by atoms with Crippen molar-refractivity contribution in [2.24, 2.45) is 0 Å². The molecule has 0 atom stereocenters. The van der Waals surface area contributed by atoms with Crippen LogP contribution in [0, 0.1) is 0 Å². The summed E-state index contributed by atoms with van der Waals surface area (Å²) in [6.45, 7) is 14.7. The van der Waals surface area contributed by atoms with Gasteiger partial charge in [-0.1, -0.05) is 39.5 Å². The lowest BCUT2D eigenvalue weighted by atomic mass is 10.1. The summed E-state index contributed by atoms with van der Waals surface area (Å²) in [6, 6.07) is 0. The summed E-state index contributed by atoms with van der Waals surface area (Å²) < 4.78 is 12.1. The van der Waals surface area contributed by atoms with Crippen molar-refractivity contribution < 1.29 is 4.39 Å². The Morgan fingerprint density at radius 1 is 1.33 bits per heavy atom. The zero-order valence-corrected chi connectivity index (χ0v) is 8.58. The molecule has 1 heteroatoms. The lowest BCUT2D eigenvalue weighted by Crippen LogP contribution is -1.80. The maximum atomic E-state index is 12.1. The SMILES string of the molecule is C=C(F)/C=C(/C)C(=C)CC.CC. The van der Waals surface area contributed by atoms with Gasteiger partial charge in [-0.3, -0.25) is 0 Å². The summed E-state index contributed by atoms with van der Waals surface area (Å²) in [4.78, 5) is 0. The monoisotopic (exact) mass is 170 g/mol. The van der Waals surface area contributed by atoms with E-state index in [0.717, 1.165) is 17.6 Å². The van der Waals surface area contributed by atoms with Gasteiger partial charge in [-0.15, -0.1) is 0 Å². The Hall–Kier alpha value is -0.850. The Bertz CT molecular complexity index is 175. The Morgan fingerprint density at radius 3 is 2.00 bits per heavy atom. The second-order valence-electron chi connectivity index (χ2n) is 2.23. The molecule has 0 radical (unpaired) electrons. The van der Waals surface area contributed by atoms with Gasteiger partial charge in [0.05, 0.1) is 0 Å². The van der Waals surface area contributed by atoms with Crippen LogP contribution in [0.1, 0.15) is 34.1 Å². The Morgan fingerprint density at radius 2 is 1.75 bits per heavy atom. The second-order valence-corrected chi connectivity index (χ2v) is 2.23. The molecule has 0 nitrogen and oxygen atoms in total. The third-order valence-corrected chi connectivity index (χ3v) is 1.36. The number of halogens is 1. The van der Waals surface area contributed by atoms with E-state index in [4.69, 9.17) is 0 Å². The van der Waals surface area contributed by atoms with Gasteiger partial charge < -0.3 is 0 Å². The molecular weight excluding hydrogens is 151 g/mol. The molecule has 0 aromatic carbocycles. The fourth-order valence-corrected chi connectivity index (χ4v) is 0.616. The smallest absolute Gasteiger partial charge is 0.116 e. The van der Waals surface area contributed by atoms with Crippen molar-refractivity contribution in [1.29, 1.82) is 0 Å². The van der Waals surface area contributed by atoms with E-state index in [1.807, 2.05) is 27.7 Å². The number of allylic oxidation sites excluding steroid dienone is 4. The zero-order valence-electron chi connectivity index (χ0n) is 8.58. The molecule has 0 bridgehead atoms. The molecular formula is C11H19F. The van der Waals surface area contributed by atoms with Crippen LogP contribution in [-0.2, 0) is 0 Å². The van der Waals surface area contributed by atoms with Crippen molar-refractivity contribution in [3.63, 3.8) is 0 Å². The van der Waals surface area contributed by atoms with E-state index in [2.05, 4.69) is 13.2 Å². The number of hydrogen-bond acceptors (Lipinski definition) is 0. The molecule has 70 valence electrons. The topological polar surface area (TPSA) is 0 Å². The summed E-state index contributed by atoms with van der Waals surface area (Å²) in [5.74, 6) is -0.410. The Balaban J connectivity index is 0. The van der Waals surface area contributed by atoms with Crippen LogP contribution in [-0.4, -0.2) is 0 Å². The molecule has 0 N–H and O–H groups in total. The van der Waals surface area contributed by atoms with Gasteiger partial charge >= 0.3 is 0 Å². The van der Waals surface area contributed by atoms with Crippen LogP contribution in [0.25, 0.3) is 0 Å². The van der Waals surface area contributed by atoms with Crippen LogP contribution < -0.4 is 0 Å². The van der Waals surface area contributed by atoms with Crippen molar-refractivity contribution in [3.05, 3.63) is 36.2 Å². The average molecular weight is 170 g/mol. The minimum atomic E-state index is -0.410. The second kappa shape index (κ2) is 8.25. The van der Waals surface area contributed by atoms with E-state index >= 15 is 0 Å². The average Bonchev–Trinajstić information content (AvgIpc) is 2.05. The van der Waals surface area contributed by atoms with Crippen molar-refractivity contribution >= 4 is 0 Å². The predicted octanol–water partition coefficient (Wildman–Crippen LogP) is 4.41. The van der Waals surface area contributed by atoms with Crippen LogP contribution in [0.3, 0.4) is 0 Å². The molecule has 12 heavy (non-hydrogen) atoms. The van der Waals surface area contributed by atoms with Gasteiger partial charge in [-0.2, -0.15) is 0 Å². The molecule has 0 amide bonds. The van der Waals surface area contributed by atoms with Gasteiger partial charge in [0.25, 0.3) is 0 Å². The summed E-state index contributed by atoms with van der Waals surface area (Å²) >= 11 is 0. The minimum absolute atomic E-state index is 0.410. The minimum Gasteiger partial charge on any atom is -0.208 e. The summed E-state index contributed by atoms with van der Waals surface area (Å²) in [5, 5.41) is 0. The van der Waals surface area contributed by atoms with Crippen molar-refractivity contribution in [2.45, 2.75) is 34.1 Å². The van der Waals surface area contributed by atoms with Crippen molar-refractivity contribution in [3.8, 4) is 0 Å². The van der Waals surface area contributed by atoms with Gasteiger partial charge in [0.2, 0.25) is 0 Å². The van der Waals surface area contributed by atoms with E-state index in [9.17, 15) is 4.39 Å². The van der Waals surface area contributed by atoms with Crippen LogP contribution in [0.5, 0.6) is 0 Å². The highest BCUT2D eigenvalue weighted by Gasteiger charge is 1.93. The van der Waals surface area contributed by atoms with E-state index in [1.54, 1.807) is 0 Å². The third kappa shape index (κ3) is 7.26. The first kappa shape index (κ1) is 13.7. The van der Waals surface area contributed by atoms with E-state index < -0.39 is 5.83 Å². The molecule has 0 heterocycles. The van der Waals surface area contributed by atoms with Crippen LogP contribution >= 0.6 is 0 Å². The van der Waals surface area contributed by atoms with Gasteiger partial charge in [0.1, 0.15) is 5.83 Å². The molecule has 0 aromatic heterocycles. The van der Waals surface area contributed by atoms with Gasteiger partial charge in [0.15, 0.2) is 0 Å². The summed E-state index contributed by atoms with van der Waals surface area (Å²) in [5.41, 5.74) is 1.83. The van der Waals surface area contributed by atoms with Gasteiger partial charge in [0, 0.05) is 0 Å². The molecule has 0 spiro atoms. The van der Waals surface area contributed by atoms with E-state index in [0.29, 0.717) is 0 Å². The first-order chi connectivity index (χ1) is 5.57. The Kier molecular flexibility index (Phi) is 9.43. The van der Waals surface area contributed by atoms with Crippen LogP contribution in [0.15, 0.2) is 36.2 Å². The number of hydrogen-bond donors (Lipinski definition) is 0. The van der Waals surface area contributed by atoms with E-state index in [-0.39, 0.29) is 0 Å². The van der Waals surface area contributed by atoms with Gasteiger partial charge in [-0.05, 0) is 25.0 Å². The highest BCUT2D eigenvalue weighted by Crippen LogP contribution is 2.12. The maximum absolute atomic E-state index is 12.1. The van der Waals surface area contributed by atoms with Crippen LogP contribution in [0.2, 0.25) is 0 Å². The standard InChI is InChI=1S/C9H13F.C2H6/c1-5-7(2)8(3)6-9(4)10;1-2/h6H,2,4-5H2,1,3H3;1-2H3/b8-6-;. The molecule has 0 saturated heterocycles. The van der Waals surface area contributed by atoms with E-state index in [1.165, 1.54) is 6.08 Å². The molecule has 0 rings (SSSR count). The molecule has 0 aliphatic rings. The maximum Gasteiger partial charge on any atom is 0.116 e. The highest BCUT2D eigenvalue weighted by atomic mass is 19.1. The predicted molar refractivity (Wildman–Crippen MR) is 54.8 cm³/mol. The third-order valence-electron chi connectivity index (χ3n) is 1.36.